The van der Waals surface area contributed by atoms with Gasteiger partial charge in [0.25, 0.3) is 5.91 Å². The van der Waals surface area contributed by atoms with Gasteiger partial charge in [0.15, 0.2) is 5.76 Å². The number of furan rings is 1. The lowest BCUT2D eigenvalue weighted by Crippen LogP contribution is -2.10. The van der Waals surface area contributed by atoms with E-state index in [9.17, 15) is 4.79 Å². The van der Waals surface area contributed by atoms with Gasteiger partial charge in [-0.2, -0.15) is 0 Å². The second-order valence-corrected chi connectivity index (χ2v) is 5.23. The Balaban J connectivity index is 1.56. The van der Waals surface area contributed by atoms with Gasteiger partial charge in [-0.1, -0.05) is 29.8 Å². The summed E-state index contributed by atoms with van der Waals surface area (Å²) < 4.78 is 10.8. The number of anilines is 1. The Hall–Kier alpha value is -3.01. The van der Waals surface area contributed by atoms with Gasteiger partial charge in [0.05, 0.1) is 6.26 Å². The quantitative estimate of drug-likeness (QED) is 0.759. The fourth-order valence-corrected chi connectivity index (χ4v) is 2.09. The third-order valence-corrected chi connectivity index (χ3v) is 3.38. The third kappa shape index (κ3) is 4.01. The van der Waals surface area contributed by atoms with Crippen LogP contribution >= 0.6 is 0 Å². The number of aryl methyl sites for hydroxylation is 1. The number of benzene rings is 2. The summed E-state index contributed by atoms with van der Waals surface area (Å²) in [4.78, 5) is 11.9. The lowest BCUT2D eigenvalue weighted by molar-refractivity contribution is 0.0996. The van der Waals surface area contributed by atoms with Crippen LogP contribution in [0.25, 0.3) is 0 Å². The molecule has 0 radical (unpaired) electrons. The van der Waals surface area contributed by atoms with E-state index in [2.05, 4.69) is 24.4 Å². The van der Waals surface area contributed by atoms with Crippen molar-refractivity contribution in [2.45, 2.75) is 13.5 Å². The Bertz CT molecular complexity index is 759. The zero-order chi connectivity index (χ0) is 16.1. The number of carbonyl (C=O) groups excluding carboxylic acids is 1. The summed E-state index contributed by atoms with van der Waals surface area (Å²) in [5.74, 6) is 0.759. The van der Waals surface area contributed by atoms with E-state index in [1.54, 1.807) is 24.3 Å². The summed E-state index contributed by atoms with van der Waals surface area (Å²) >= 11 is 0. The molecule has 0 saturated carbocycles. The molecule has 4 heteroatoms. The van der Waals surface area contributed by atoms with Crippen molar-refractivity contribution in [1.29, 1.82) is 0 Å². The molecule has 0 aliphatic rings. The van der Waals surface area contributed by atoms with E-state index >= 15 is 0 Å². The smallest absolute Gasteiger partial charge is 0.291 e. The first-order valence-electron chi connectivity index (χ1n) is 7.34. The van der Waals surface area contributed by atoms with Gasteiger partial charge in [-0.15, -0.1) is 0 Å². The Kier molecular flexibility index (Phi) is 4.43. The van der Waals surface area contributed by atoms with Gasteiger partial charge in [-0.05, 0) is 48.9 Å². The van der Waals surface area contributed by atoms with Crippen LogP contribution < -0.4 is 10.1 Å². The summed E-state index contributed by atoms with van der Waals surface area (Å²) in [6, 6.07) is 18.8. The van der Waals surface area contributed by atoms with Gasteiger partial charge in [0.2, 0.25) is 0 Å². The number of amides is 1. The number of nitrogens with one attached hydrogen (secondary N) is 1. The fourth-order valence-electron chi connectivity index (χ4n) is 2.09. The predicted octanol–water partition coefficient (Wildman–Crippen LogP) is 4.42. The van der Waals surface area contributed by atoms with E-state index in [-0.39, 0.29) is 11.7 Å². The fraction of sp³-hybridized carbons (Fsp3) is 0.105. The number of carbonyl (C=O) groups is 1. The molecule has 1 amide bonds. The molecule has 23 heavy (non-hydrogen) atoms. The second-order valence-electron chi connectivity index (χ2n) is 5.23. The first-order valence-corrected chi connectivity index (χ1v) is 7.34. The molecule has 3 rings (SSSR count). The maximum absolute atomic E-state index is 11.9. The molecule has 0 spiro atoms. The van der Waals surface area contributed by atoms with Crippen molar-refractivity contribution in [3.05, 3.63) is 83.8 Å². The average Bonchev–Trinajstić information content (AvgIpc) is 3.10. The highest BCUT2D eigenvalue weighted by Gasteiger charge is 2.08. The molecule has 3 aromatic rings. The van der Waals surface area contributed by atoms with Crippen molar-refractivity contribution >= 4 is 11.6 Å². The van der Waals surface area contributed by atoms with Gasteiger partial charge >= 0.3 is 0 Å². The molecule has 0 saturated heterocycles. The largest absolute Gasteiger partial charge is 0.489 e. The van der Waals surface area contributed by atoms with Crippen LogP contribution in [-0.4, -0.2) is 5.91 Å². The lowest BCUT2D eigenvalue weighted by Gasteiger charge is -2.08. The van der Waals surface area contributed by atoms with Gasteiger partial charge in [-0.25, -0.2) is 0 Å². The van der Waals surface area contributed by atoms with Crippen molar-refractivity contribution in [3.63, 3.8) is 0 Å². The highest BCUT2D eigenvalue weighted by Crippen LogP contribution is 2.18. The van der Waals surface area contributed by atoms with Crippen LogP contribution in [-0.2, 0) is 6.61 Å². The van der Waals surface area contributed by atoms with Crippen molar-refractivity contribution in [2.75, 3.05) is 5.32 Å². The van der Waals surface area contributed by atoms with Crippen LogP contribution in [0.3, 0.4) is 0 Å². The van der Waals surface area contributed by atoms with Crippen molar-refractivity contribution in [3.8, 4) is 5.75 Å². The molecule has 1 N–H and O–H groups in total. The van der Waals surface area contributed by atoms with Crippen molar-refractivity contribution < 1.29 is 13.9 Å². The van der Waals surface area contributed by atoms with Crippen LogP contribution in [0.2, 0.25) is 0 Å². The summed E-state index contributed by atoms with van der Waals surface area (Å²) in [5, 5.41) is 2.76. The maximum Gasteiger partial charge on any atom is 0.291 e. The van der Waals surface area contributed by atoms with E-state index in [4.69, 9.17) is 9.15 Å². The molecule has 1 aromatic heterocycles. The number of rotatable bonds is 5. The zero-order valence-electron chi connectivity index (χ0n) is 12.8. The van der Waals surface area contributed by atoms with Crippen LogP contribution in [0.1, 0.15) is 21.7 Å². The maximum atomic E-state index is 11.9. The van der Waals surface area contributed by atoms with E-state index < -0.39 is 0 Å². The van der Waals surface area contributed by atoms with E-state index in [1.807, 2.05) is 24.3 Å². The standard InChI is InChI=1S/C19H17NO3/c1-14-4-6-15(7-5-14)13-23-17-10-8-16(9-11-17)20-19(21)18-3-2-12-22-18/h2-12H,13H2,1H3,(H,20,21). The van der Waals surface area contributed by atoms with Gasteiger partial charge in [0, 0.05) is 5.69 Å². The highest BCUT2D eigenvalue weighted by atomic mass is 16.5. The third-order valence-electron chi connectivity index (χ3n) is 3.38. The topological polar surface area (TPSA) is 51.5 Å². The minimum atomic E-state index is -0.275. The van der Waals surface area contributed by atoms with E-state index in [0.29, 0.717) is 12.3 Å². The minimum Gasteiger partial charge on any atom is -0.489 e. The Labute approximate surface area is 134 Å². The molecular formula is C19H17NO3. The first-order chi connectivity index (χ1) is 11.2. The first kappa shape index (κ1) is 14.9. The molecular weight excluding hydrogens is 290 g/mol. The second kappa shape index (κ2) is 6.83. The summed E-state index contributed by atoms with van der Waals surface area (Å²) in [6.07, 6.45) is 1.47. The number of ether oxygens (including phenoxy) is 1. The molecule has 4 nitrogen and oxygen atoms in total. The Morgan fingerprint density at radius 3 is 2.43 bits per heavy atom. The molecule has 1 heterocycles. The monoisotopic (exact) mass is 307 g/mol. The molecule has 0 bridgehead atoms. The van der Waals surface area contributed by atoms with Crippen molar-refractivity contribution in [2.24, 2.45) is 0 Å². The van der Waals surface area contributed by atoms with E-state index in [0.717, 1.165) is 11.3 Å². The van der Waals surface area contributed by atoms with Crippen LogP contribution in [0.4, 0.5) is 5.69 Å². The van der Waals surface area contributed by atoms with E-state index in [1.165, 1.54) is 11.8 Å². The SMILES string of the molecule is Cc1ccc(COc2ccc(NC(=O)c3ccco3)cc2)cc1. The molecule has 0 unspecified atom stereocenters. The zero-order valence-corrected chi connectivity index (χ0v) is 12.8. The molecule has 116 valence electrons. The molecule has 0 aliphatic heterocycles. The minimum absolute atomic E-state index is 0.275. The summed E-state index contributed by atoms with van der Waals surface area (Å²) in [6.45, 7) is 2.57. The summed E-state index contributed by atoms with van der Waals surface area (Å²) in [5.41, 5.74) is 3.03. The van der Waals surface area contributed by atoms with Gasteiger partial charge < -0.3 is 14.5 Å². The van der Waals surface area contributed by atoms with Gasteiger partial charge in [-0.3, -0.25) is 4.79 Å². The van der Waals surface area contributed by atoms with Crippen LogP contribution in [0.5, 0.6) is 5.75 Å². The molecule has 0 fully saturated rings. The average molecular weight is 307 g/mol. The van der Waals surface area contributed by atoms with Gasteiger partial charge in [0.1, 0.15) is 12.4 Å². The molecule has 0 aliphatic carbocycles. The molecule has 0 atom stereocenters. The number of hydrogen-bond acceptors (Lipinski definition) is 3. The Morgan fingerprint density at radius 2 is 1.78 bits per heavy atom. The Morgan fingerprint density at radius 1 is 1.04 bits per heavy atom. The number of hydrogen-bond donors (Lipinski definition) is 1. The highest BCUT2D eigenvalue weighted by molar-refractivity contribution is 6.02. The molecule has 2 aromatic carbocycles. The van der Waals surface area contributed by atoms with Crippen LogP contribution in [0, 0.1) is 6.92 Å². The van der Waals surface area contributed by atoms with Crippen molar-refractivity contribution in [1.82, 2.24) is 0 Å². The lowest BCUT2D eigenvalue weighted by atomic mass is 10.2. The van der Waals surface area contributed by atoms with Crippen LogP contribution in [0.15, 0.2) is 71.3 Å². The predicted molar refractivity (Wildman–Crippen MR) is 88.6 cm³/mol. The summed E-state index contributed by atoms with van der Waals surface area (Å²) in [7, 11) is 0. The normalized spacial score (nSPS) is 10.3.